The van der Waals surface area contributed by atoms with Crippen molar-refractivity contribution >= 4 is 0 Å². The Balaban J connectivity index is 2.29. The molecule has 1 heterocycles. The Labute approximate surface area is 89.4 Å². The van der Waals surface area contributed by atoms with E-state index in [-0.39, 0.29) is 0 Å². The molecule has 15 heavy (non-hydrogen) atoms. The quantitative estimate of drug-likeness (QED) is 0.822. The molecule has 1 N–H and O–H groups in total. The Morgan fingerprint density at radius 2 is 2.33 bits per heavy atom. The highest BCUT2D eigenvalue weighted by Crippen LogP contribution is 2.32. The van der Waals surface area contributed by atoms with Crippen LogP contribution >= 0.6 is 0 Å². The van der Waals surface area contributed by atoms with Gasteiger partial charge in [-0.1, -0.05) is 6.07 Å². The maximum atomic E-state index is 14.2. The summed E-state index contributed by atoms with van der Waals surface area (Å²) in [5, 5.41) is 2.87. The minimum atomic E-state index is -1.31. The molecule has 82 valence electrons. The zero-order valence-corrected chi connectivity index (χ0v) is 9.14. The second-order valence-electron chi connectivity index (χ2n) is 4.15. The SMILES string of the molecule is CNCC(C)(F)c1ccc2c(c1)CCO2. The summed E-state index contributed by atoms with van der Waals surface area (Å²) < 4.78 is 19.6. The number of nitrogens with one attached hydrogen (secondary N) is 1. The van der Waals surface area contributed by atoms with E-state index < -0.39 is 5.67 Å². The van der Waals surface area contributed by atoms with Gasteiger partial charge >= 0.3 is 0 Å². The number of halogens is 1. The molecule has 0 spiro atoms. The molecule has 1 aliphatic heterocycles. The van der Waals surface area contributed by atoms with Crippen LogP contribution in [0.2, 0.25) is 0 Å². The van der Waals surface area contributed by atoms with Crippen LogP contribution in [-0.4, -0.2) is 20.2 Å². The molecule has 1 aliphatic rings. The second kappa shape index (κ2) is 3.81. The molecule has 1 unspecified atom stereocenters. The molecule has 2 nitrogen and oxygen atoms in total. The van der Waals surface area contributed by atoms with Crippen molar-refractivity contribution in [2.75, 3.05) is 20.2 Å². The summed E-state index contributed by atoms with van der Waals surface area (Å²) in [5.74, 6) is 0.902. The fourth-order valence-corrected chi connectivity index (χ4v) is 1.94. The van der Waals surface area contributed by atoms with Gasteiger partial charge in [-0.15, -0.1) is 0 Å². The van der Waals surface area contributed by atoms with Gasteiger partial charge in [-0.05, 0) is 37.2 Å². The predicted molar refractivity (Wildman–Crippen MR) is 58.0 cm³/mol. The Bertz CT molecular complexity index is 363. The first-order valence-corrected chi connectivity index (χ1v) is 5.23. The molecule has 0 saturated heterocycles. The van der Waals surface area contributed by atoms with Crippen molar-refractivity contribution in [3.8, 4) is 5.75 Å². The van der Waals surface area contributed by atoms with Crippen LogP contribution in [0, 0.1) is 0 Å². The Kier molecular flexibility index (Phi) is 2.65. The lowest BCUT2D eigenvalue weighted by atomic mass is 9.95. The van der Waals surface area contributed by atoms with Crippen LogP contribution in [0.4, 0.5) is 4.39 Å². The standard InChI is InChI=1S/C12H16FNO/c1-12(13,8-14-2)10-3-4-11-9(7-10)5-6-15-11/h3-4,7,14H,5-6,8H2,1-2H3. The first-order valence-electron chi connectivity index (χ1n) is 5.23. The topological polar surface area (TPSA) is 21.3 Å². The van der Waals surface area contributed by atoms with E-state index in [2.05, 4.69) is 5.32 Å². The number of rotatable bonds is 3. The number of benzene rings is 1. The number of alkyl halides is 1. The number of hydrogen-bond acceptors (Lipinski definition) is 2. The van der Waals surface area contributed by atoms with Crippen LogP contribution in [0.5, 0.6) is 5.75 Å². The Hall–Kier alpha value is -1.09. The minimum absolute atomic E-state index is 0.326. The van der Waals surface area contributed by atoms with Gasteiger partial charge in [0.25, 0.3) is 0 Å². The van der Waals surface area contributed by atoms with Gasteiger partial charge < -0.3 is 10.1 Å². The number of hydrogen-bond donors (Lipinski definition) is 1. The Morgan fingerprint density at radius 1 is 1.53 bits per heavy atom. The molecule has 0 radical (unpaired) electrons. The minimum Gasteiger partial charge on any atom is -0.493 e. The van der Waals surface area contributed by atoms with Crippen molar-refractivity contribution in [1.29, 1.82) is 0 Å². The van der Waals surface area contributed by atoms with E-state index in [0.29, 0.717) is 13.2 Å². The molecule has 0 aliphatic carbocycles. The van der Waals surface area contributed by atoms with Crippen molar-refractivity contribution in [2.24, 2.45) is 0 Å². The van der Waals surface area contributed by atoms with Crippen LogP contribution in [0.25, 0.3) is 0 Å². The van der Waals surface area contributed by atoms with Gasteiger partial charge in [-0.3, -0.25) is 0 Å². The van der Waals surface area contributed by atoms with Gasteiger partial charge in [-0.2, -0.15) is 0 Å². The molecule has 1 aromatic carbocycles. The first kappa shape index (κ1) is 10.4. The molecule has 0 amide bonds. The van der Waals surface area contributed by atoms with E-state index in [1.807, 2.05) is 18.2 Å². The zero-order chi connectivity index (χ0) is 10.9. The molecule has 3 heteroatoms. The summed E-state index contributed by atoms with van der Waals surface area (Å²) in [4.78, 5) is 0. The summed E-state index contributed by atoms with van der Waals surface area (Å²) >= 11 is 0. The summed E-state index contributed by atoms with van der Waals surface area (Å²) in [6.07, 6.45) is 0.888. The van der Waals surface area contributed by atoms with E-state index in [1.165, 1.54) is 0 Å². The molecule has 0 saturated carbocycles. The Morgan fingerprint density at radius 3 is 3.07 bits per heavy atom. The third-order valence-corrected chi connectivity index (χ3v) is 2.80. The molecule has 0 fully saturated rings. The monoisotopic (exact) mass is 209 g/mol. The van der Waals surface area contributed by atoms with E-state index in [9.17, 15) is 4.39 Å². The van der Waals surface area contributed by atoms with Gasteiger partial charge in [-0.25, -0.2) is 4.39 Å². The molecular formula is C12H16FNO. The highest BCUT2D eigenvalue weighted by atomic mass is 19.1. The van der Waals surface area contributed by atoms with Crippen molar-refractivity contribution in [3.63, 3.8) is 0 Å². The lowest BCUT2D eigenvalue weighted by Crippen LogP contribution is -2.29. The predicted octanol–water partition coefficient (Wildman–Crippen LogP) is 2.03. The molecular weight excluding hydrogens is 193 g/mol. The molecule has 1 atom stereocenters. The normalized spacial score (nSPS) is 18.1. The average Bonchev–Trinajstić information content (AvgIpc) is 2.63. The maximum Gasteiger partial charge on any atom is 0.145 e. The fraction of sp³-hybridized carbons (Fsp3) is 0.500. The summed E-state index contributed by atoms with van der Waals surface area (Å²) in [6.45, 7) is 2.64. The lowest BCUT2D eigenvalue weighted by Gasteiger charge is -2.20. The van der Waals surface area contributed by atoms with E-state index in [1.54, 1.807) is 14.0 Å². The molecule has 1 aromatic rings. The molecule has 2 rings (SSSR count). The third-order valence-electron chi connectivity index (χ3n) is 2.80. The average molecular weight is 209 g/mol. The highest BCUT2D eigenvalue weighted by Gasteiger charge is 2.26. The molecule has 0 bridgehead atoms. The summed E-state index contributed by atoms with van der Waals surface area (Å²) in [5.41, 5.74) is 0.528. The largest absolute Gasteiger partial charge is 0.493 e. The van der Waals surface area contributed by atoms with Crippen molar-refractivity contribution < 1.29 is 9.13 Å². The van der Waals surface area contributed by atoms with Crippen LogP contribution in [0.15, 0.2) is 18.2 Å². The fourth-order valence-electron chi connectivity index (χ4n) is 1.94. The third kappa shape index (κ3) is 1.97. The van der Waals surface area contributed by atoms with Crippen LogP contribution < -0.4 is 10.1 Å². The van der Waals surface area contributed by atoms with Gasteiger partial charge in [0, 0.05) is 13.0 Å². The van der Waals surface area contributed by atoms with E-state index >= 15 is 0 Å². The van der Waals surface area contributed by atoms with E-state index in [0.717, 1.165) is 23.3 Å². The van der Waals surface area contributed by atoms with Crippen molar-refractivity contribution in [2.45, 2.75) is 19.0 Å². The van der Waals surface area contributed by atoms with Crippen molar-refractivity contribution in [3.05, 3.63) is 29.3 Å². The summed E-state index contributed by atoms with van der Waals surface area (Å²) in [7, 11) is 1.76. The lowest BCUT2D eigenvalue weighted by molar-refractivity contribution is 0.190. The first-order chi connectivity index (χ1) is 7.13. The van der Waals surface area contributed by atoms with Crippen LogP contribution in [-0.2, 0) is 12.1 Å². The highest BCUT2D eigenvalue weighted by molar-refractivity contribution is 5.41. The zero-order valence-electron chi connectivity index (χ0n) is 9.14. The van der Waals surface area contributed by atoms with Crippen LogP contribution in [0.1, 0.15) is 18.1 Å². The number of likely N-dealkylation sites (N-methyl/N-ethyl adjacent to an activating group) is 1. The maximum absolute atomic E-state index is 14.2. The van der Waals surface area contributed by atoms with Gasteiger partial charge in [0.05, 0.1) is 6.61 Å². The molecule has 0 aromatic heterocycles. The van der Waals surface area contributed by atoms with Gasteiger partial charge in [0.1, 0.15) is 11.4 Å². The number of fused-ring (bicyclic) bond motifs is 1. The van der Waals surface area contributed by atoms with Gasteiger partial charge in [0.15, 0.2) is 0 Å². The second-order valence-corrected chi connectivity index (χ2v) is 4.15. The number of ether oxygens (including phenoxy) is 1. The smallest absolute Gasteiger partial charge is 0.145 e. The van der Waals surface area contributed by atoms with Gasteiger partial charge in [0.2, 0.25) is 0 Å². The summed E-state index contributed by atoms with van der Waals surface area (Å²) in [6, 6.07) is 5.59. The van der Waals surface area contributed by atoms with Crippen LogP contribution in [0.3, 0.4) is 0 Å². The van der Waals surface area contributed by atoms with E-state index in [4.69, 9.17) is 4.74 Å². The van der Waals surface area contributed by atoms with Crippen molar-refractivity contribution in [1.82, 2.24) is 5.32 Å².